The minimum absolute atomic E-state index is 0.0758. The van der Waals surface area contributed by atoms with Crippen molar-refractivity contribution in [2.45, 2.75) is 45.2 Å². The van der Waals surface area contributed by atoms with E-state index in [1.807, 2.05) is 44.4 Å². The van der Waals surface area contributed by atoms with Crippen molar-refractivity contribution in [3.05, 3.63) is 29.0 Å². The summed E-state index contributed by atoms with van der Waals surface area (Å²) in [5, 5.41) is 3.53. The number of amides is 1. The van der Waals surface area contributed by atoms with Gasteiger partial charge in [-0.15, -0.1) is 11.6 Å². The number of hydrogen-bond acceptors (Lipinski definition) is 2. The molecule has 1 unspecified atom stereocenters. The molecule has 0 fully saturated rings. The van der Waals surface area contributed by atoms with Crippen LogP contribution in [0.1, 0.15) is 39.6 Å². The quantitative estimate of drug-likeness (QED) is 0.869. The number of alkyl halides is 1. The van der Waals surface area contributed by atoms with Crippen molar-refractivity contribution in [1.29, 1.82) is 0 Å². The largest absolute Gasteiger partial charge is 0.350 e. The summed E-state index contributed by atoms with van der Waals surface area (Å²) in [6.45, 7) is 7.67. The molecule has 2 aromatic rings. The van der Waals surface area contributed by atoms with Crippen LogP contribution in [0.3, 0.4) is 0 Å². The predicted octanol–water partition coefficient (Wildman–Crippen LogP) is 3.90. The van der Waals surface area contributed by atoms with Crippen molar-refractivity contribution in [1.82, 2.24) is 14.9 Å². The number of fused-ring (bicyclic) bond motifs is 1. The Morgan fingerprint density at radius 3 is 2.67 bits per heavy atom. The maximum absolute atomic E-state index is 12.4. The van der Waals surface area contributed by atoms with Gasteiger partial charge in [0.25, 0.3) is 0 Å². The van der Waals surface area contributed by atoms with Crippen LogP contribution in [0.15, 0.2) is 18.2 Å². The summed E-state index contributed by atoms with van der Waals surface area (Å²) in [7, 11) is 0. The third kappa shape index (κ3) is 3.33. The number of para-hydroxylation sites is 1. The zero-order chi connectivity index (χ0) is 15.8. The highest BCUT2D eigenvalue weighted by atomic mass is 35.5. The molecule has 1 aromatic carbocycles. The average molecular weight is 328 g/mol. The summed E-state index contributed by atoms with van der Waals surface area (Å²) in [6, 6.07) is 5.10. The van der Waals surface area contributed by atoms with Gasteiger partial charge in [-0.2, -0.15) is 0 Å². The number of carbonyl (C=O) groups excluding carboxylic acids is 1. The zero-order valence-corrected chi connectivity index (χ0v) is 14.1. The highest BCUT2D eigenvalue weighted by Gasteiger charge is 2.24. The van der Waals surface area contributed by atoms with Crippen molar-refractivity contribution in [2.24, 2.45) is 0 Å². The minimum atomic E-state index is -0.415. The van der Waals surface area contributed by atoms with Gasteiger partial charge in [0.2, 0.25) is 5.91 Å². The number of imidazole rings is 1. The first-order valence-corrected chi connectivity index (χ1v) is 7.69. The van der Waals surface area contributed by atoms with Gasteiger partial charge >= 0.3 is 0 Å². The number of halogens is 2. The Bertz CT molecular complexity index is 673. The number of aromatic nitrogens is 2. The first kappa shape index (κ1) is 16.1. The van der Waals surface area contributed by atoms with E-state index in [1.54, 1.807) is 6.07 Å². The number of nitrogens with zero attached hydrogens (tertiary/aromatic N) is 2. The van der Waals surface area contributed by atoms with Gasteiger partial charge in [-0.05, 0) is 39.8 Å². The van der Waals surface area contributed by atoms with Gasteiger partial charge in [0.1, 0.15) is 17.4 Å². The Balaban J connectivity index is 2.50. The predicted molar refractivity (Wildman–Crippen MR) is 86.9 cm³/mol. The van der Waals surface area contributed by atoms with Crippen LogP contribution in [0.4, 0.5) is 0 Å². The molecule has 2 rings (SSSR count). The second-order valence-corrected chi connectivity index (χ2v) is 6.73. The van der Waals surface area contributed by atoms with E-state index in [1.165, 1.54) is 0 Å². The lowest BCUT2D eigenvalue weighted by Crippen LogP contribution is -2.44. The Morgan fingerprint density at radius 1 is 1.43 bits per heavy atom. The Hall–Kier alpha value is -1.26. The van der Waals surface area contributed by atoms with Crippen LogP contribution >= 0.6 is 23.2 Å². The van der Waals surface area contributed by atoms with Crippen molar-refractivity contribution >= 4 is 40.1 Å². The number of rotatable bonds is 3. The summed E-state index contributed by atoms with van der Waals surface area (Å²) in [5.41, 5.74) is 1.19. The Morgan fingerprint density at radius 2 is 2.10 bits per heavy atom. The van der Waals surface area contributed by atoms with E-state index in [0.717, 1.165) is 5.52 Å². The SMILES string of the molecule is CC(C(=O)NC(C)(C)C)n1c(CCl)nc2c(Cl)cccc21. The molecule has 4 nitrogen and oxygen atoms in total. The van der Waals surface area contributed by atoms with Crippen LogP contribution in [0.5, 0.6) is 0 Å². The van der Waals surface area contributed by atoms with E-state index in [0.29, 0.717) is 16.4 Å². The zero-order valence-electron chi connectivity index (χ0n) is 12.6. The lowest BCUT2D eigenvalue weighted by Gasteiger charge is -2.24. The highest BCUT2D eigenvalue weighted by Crippen LogP contribution is 2.27. The lowest BCUT2D eigenvalue weighted by atomic mass is 10.1. The summed E-state index contributed by atoms with van der Waals surface area (Å²) < 4.78 is 1.84. The van der Waals surface area contributed by atoms with Crippen LogP contribution in [-0.2, 0) is 10.7 Å². The molecule has 21 heavy (non-hydrogen) atoms. The van der Waals surface area contributed by atoms with Gasteiger partial charge in [0, 0.05) is 5.54 Å². The van der Waals surface area contributed by atoms with E-state index in [-0.39, 0.29) is 17.3 Å². The van der Waals surface area contributed by atoms with E-state index in [4.69, 9.17) is 23.2 Å². The smallest absolute Gasteiger partial charge is 0.243 e. The standard InChI is InChI=1S/C15H19Cl2N3O/c1-9(14(21)19-15(2,3)4)20-11-7-5-6-10(17)13(11)18-12(20)8-16/h5-7,9H,8H2,1-4H3,(H,19,21). The highest BCUT2D eigenvalue weighted by molar-refractivity contribution is 6.35. The topological polar surface area (TPSA) is 46.9 Å². The molecule has 1 amide bonds. The van der Waals surface area contributed by atoms with Crippen LogP contribution in [0, 0.1) is 0 Å². The molecule has 1 N–H and O–H groups in total. The molecule has 0 saturated heterocycles. The van der Waals surface area contributed by atoms with Crippen LogP contribution in [0.25, 0.3) is 11.0 Å². The van der Waals surface area contributed by atoms with Crippen molar-refractivity contribution in [3.8, 4) is 0 Å². The second-order valence-electron chi connectivity index (χ2n) is 6.05. The molecule has 0 bridgehead atoms. The molecule has 1 aromatic heterocycles. The number of hydrogen-bond donors (Lipinski definition) is 1. The summed E-state index contributed by atoms with van der Waals surface area (Å²) in [5.74, 6) is 0.780. The number of nitrogens with one attached hydrogen (secondary N) is 1. The fraction of sp³-hybridized carbons (Fsp3) is 0.467. The van der Waals surface area contributed by atoms with Crippen LogP contribution in [0.2, 0.25) is 5.02 Å². The Labute approximate surface area is 134 Å². The van der Waals surface area contributed by atoms with Gasteiger partial charge in [-0.1, -0.05) is 17.7 Å². The normalized spacial score (nSPS) is 13.4. The molecule has 114 valence electrons. The first-order valence-electron chi connectivity index (χ1n) is 6.78. The van der Waals surface area contributed by atoms with Crippen LogP contribution < -0.4 is 5.32 Å². The number of carbonyl (C=O) groups is 1. The minimum Gasteiger partial charge on any atom is -0.350 e. The molecule has 0 radical (unpaired) electrons. The molecular weight excluding hydrogens is 309 g/mol. The molecule has 0 spiro atoms. The third-order valence-electron chi connectivity index (χ3n) is 3.13. The summed E-state index contributed by atoms with van der Waals surface area (Å²) in [6.07, 6.45) is 0. The van der Waals surface area contributed by atoms with E-state index in [9.17, 15) is 4.79 Å². The fourth-order valence-corrected chi connectivity index (χ4v) is 2.65. The molecule has 0 aliphatic carbocycles. The summed E-state index contributed by atoms with van der Waals surface area (Å²) >= 11 is 12.2. The molecule has 6 heteroatoms. The van der Waals surface area contributed by atoms with Gasteiger partial charge in [-0.3, -0.25) is 4.79 Å². The molecular formula is C15H19Cl2N3O. The van der Waals surface area contributed by atoms with E-state index in [2.05, 4.69) is 10.3 Å². The maximum Gasteiger partial charge on any atom is 0.243 e. The van der Waals surface area contributed by atoms with Gasteiger partial charge in [0.05, 0.1) is 16.4 Å². The van der Waals surface area contributed by atoms with E-state index < -0.39 is 6.04 Å². The van der Waals surface area contributed by atoms with Crippen LogP contribution in [-0.4, -0.2) is 21.0 Å². The van der Waals surface area contributed by atoms with Crippen molar-refractivity contribution in [2.75, 3.05) is 0 Å². The number of benzene rings is 1. The first-order chi connectivity index (χ1) is 9.74. The maximum atomic E-state index is 12.4. The Kier molecular flexibility index (Phi) is 4.49. The molecule has 0 saturated carbocycles. The van der Waals surface area contributed by atoms with Crippen molar-refractivity contribution < 1.29 is 4.79 Å². The van der Waals surface area contributed by atoms with Gasteiger partial charge in [-0.25, -0.2) is 4.98 Å². The van der Waals surface area contributed by atoms with Gasteiger partial charge in [0.15, 0.2) is 0 Å². The van der Waals surface area contributed by atoms with Gasteiger partial charge < -0.3 is 9.88 Å². The monoisotopic (exact) mass is 327 g/mol. The van der Waals surface area contributed by atoms with Crippen molar-refractivity contribution in [3.63, 3.8) is 0 Å². The molecule has 0 aliphatic heterocycles. The fourth-order valence-electron chi connectivity index (χ4n) is 2.25. The average Bonchev–Trinajstić information content (AvgIpc) is 2.75. The lowest BCUT2D eigenvalue weighted by molar-refractivity contribution is -0.125. The summed E-state index contributed by atoms with van der Waals surface area (Å²) in [4.78, 5) is 16.9. The second kappa shape index (κ2) is 5.85. The molecule has 1 heterocycles. The third-order valence-corrected chi connectivity index (χ3v) is 3.67. The molecule has 1 atom stereocenters. The van der Waals surface area contributed by atoms with E-state index >= 15 is 0 Å². The molecule has 0 aliphatic rings.